The van der Waals surface area contributed by atoms with Gasteiger partial charge in [-0.3, -0.25) is 14.4 Å². The lowest BCUT2D eigenvalue weighted by molar-refractivity contribution is 0.0196. The molecule has 1 aliphatic rings. The Kier molecular flexibility index (Phi) is 7.22. The summed E-state index contributed by atoms with van der Waals surface area (Å²) >= 11 is 0. The number of likely N-dealkylation sites (tertiary alicyclic amines) is 1. The van der Waals surface area contributed by atoms with E-state index in [-0.39, 0.29) is 17.9 Å². The summed E-state index contributed by atoms with van der Waals surface area (Å²) in [4.78, 5) is 34.5. The van der Waals surface area contributed by atoms with Crippen molar-refractivity contribution in [1.29, 1.82) is 0 Å². The number of hydrogen-bond donors (Lipinski definition) is 0. The summed E-state index contributed by atoms with van der Waals surface area (Å²) in [7, 11) is 1.70. The first-order valence-corrected chi connectivity index (χ1v) is 13.0. The molecular weight excluding hydrogens is 518 g/mol. The maximum Gasteiger partial charge on any atom is 0.410 e. The van der Waals surface area contributed by atoms with Gasteiger partial charge in [-0.1, -0.05) is 11.3 Å². The van der Waals surface area contributed by atoms with Crippen molar-refractivity contribution in [2.24, 2.45) is 7.05 Å². The van der Waals surface area contributed by atoms with Crippen molar-refractivity contribution in [2.75, 3.05) is 18.0 Å². The summed E-state index contributed by atoms with van der Waals surface area (Å²) in [5.74, 6) is -1.52. The van der Waals surface area contributed by atoms with Crippen LogP contribution in [0.1, 0.15) is 44.0 Å². The van der Waals surface area contributed by atoms with Gasteiger partial charge in [-0.05, 0) is 75.4 Å². The molecule has 0 saturated carbocycles. The fourth-order valence-electron chi connectivity index (χ4n) is 4.87. The predicted molar refractivity (Wildman–Crippen MR) is 146 cm³/mol. The van der Waals surface area contributed by atoms with Crippen molar-refractivity contribution in [3.05, 3.63) is 72.1 Å². The number of piperidine rings is 1. The molecule has 0 spiro atoms. The average molecular weight is 549 g/mol. The summed E-state index contributed by atoms with van der Waals surface area (Å²) in [6.07, 6.45) is 3.79. The molecule has 9 nitrogen and oxygen atoms in total. The number of rotatable bonds is 4. The first-order valence-electron chi connectivity index (χ1n) is 13.0. The summed E-state index contributed by atoms with van der Waals surface area (Å²) in [6, 6.07) is 9.58. The van der Waals surface area contributed by atoms with Crippen LogP contribution >= 0.6 is 0 Å². The van der Waals surface area contributed by atoms with Crippen molar-refractivity contribution in [3.63, 3.8) is 0 Å². The van der Waals surface area contributed by atoms with Crippen LogP contribution < -0.4 is 4.90 Å². The van der Waals surface area contributed by atoms with Gasteiger partial charge in [0.25, 0.3) is 5.91 Å². The van der Waals surface area contributed by atoms with Gasteiger partial charge in [-0.25, -0.2) is 18.6 Å². The van der Waals surface area contributed by atoms with E-state index in [1.54, 1.807) is 57.1 Å². The Labute approximate surface area is 230 Å². The highest BCUT2D eigenvalue weighted by atomic mass is 19.1. The summed E-state index contributed by atoms with van der Waals surface area (Å²) in [5, 5.41) is 8.96. The number of pyridine rings is 1. The van der Waals surface area contributed by atoms with Crippen LogP contribution in [0.4, 0.5) is 19.4 Å². The molecule has 40 heavy (non-hydrogen) atoms. The van der Waals surface area contributed by atoms with Crippen molar-refractivity contribution in [3.8, 4) is 11.3 Å². The topological polar surface area (TPSA) is 93.5 Å². The summed E-state index contributed by atoms with van der Waals surface area (Å²) < 4.78 is 36.6. The summed E-state index contributed by atoms with van der Waals surface area (Å²) in [6.45, 7) is 5.99. The average Bonchev–Trinajstić information content (AvgIpc) is 3.34. The Morgan fingerprint density at radius 1 is 1.10 bits per heavy atom. The Morgan fingerprint density at radius 3 is 2.60 bits per heavy atom. The van der Waals surface area contributed by atoms with E-state index in [9.17, 15) is 14.0 Å². The SMILES string of the molecule is Cn1cc(-c2ccc(C(=O)N(c3nccc4cc(F)ccc34)[C@@H]3CCCN(C(=O)OC(C)(C)C)C3)c(F)c2)nn1. The van der Waals surface area contributed by atoms with Gasteiger partial charge < -0.3 is 9.64 Å². The van der Waals surface area contributed by atoms with Crippen molar-refractivity contribution in [2.45, 2.75) is 45.3 Å². The zero-order valence-electron chi connectivity index (χ0n) is 22.8. The van der Waals surface area contributed by atoms with Crippen LogP contribution in [0, 0.1) is 11.6 Å². The van der Waals surface area contributed by atoms with Gasteiger partial charge in [-0.2, -0.15) is 0 Å². The predicted octanol–water partition coefficient (Wildman–Crippen LogP) is 5.35. The van der Waals surface area contributed by atoms with Crippen LogP contribution in [0.2, 0.25) is 0 Å². The van der Waals surface area contributed by atoms with E-state index in [1.165, 1.54) is 40.0 Å². The van der Waals surface area contributed by atoms with Crippen molar-refractivity contribution >= 4 is 28.6 Å². The van der Waals surface area contributed by atoms with Gasteiger partial charge >= 0.3 is 6.09 Å². The second-order valence-corrected chi connectivity index (χ2v) is 10.9. The van der Waals surface area contributed by atoms with E-state index in [4.69, 9.17) is 4.74 Å². The van der Waals surface area contributed by atoms with Gasteiger partial charge in [0.2, 0.25) is 0 Å². The number of fused-ring (bicyclic) bond motifs is 1. The van der Waals surface area contributed by atoms with Gasteiger partial charge in [0.05, 0.1) is 17.8 Å². The number of benzene rings is 2. The largest absolute Gasteiger partial charge is 0.444 e. The highest BCUT2D eigenvalue weighted by molar-refractivity contribution is 6.10. The molecule has 0 bridgehead atoms. The maximum absolute atomic E-state index is 15.5. The third kappa shape index (κ3) is 5.63. The second-order valence-electron chi connectivity index (χ2n) is 10.9. The number of nitrogens with zero attached hydrogens (tertiary/aromatic N) is 6. The summed E-state index contributed by atoms with van der Waals surface area (Å²) in [5.41, 5.74) is 0.0916. The Bertz CT molecular complexity index is 1580. The molecule has 0 aliphatic carbocycles. The molecule has 3 heterocycles. The molecule has 11 heteroatoms. The lowest BCUT2D eigenvalue weighted by Gasteiger charge is -2.39. The van der Waals surface area contributed by atoms with E-state index >= 15 is 4.39 Å². The molecule has 4 aromatic rings. The molecule has 0 unspecified atom stereocenters. The van der Waals surface area contributed by atoms with Crippen molar-refractivity contribution in [1.82, 2.24) is 24.9 Å². The minimum atomic E-state index is -0.732. The Morgan fingerprint density at radius 2 is 1.90 bits per heavy atom. The lowest BCUT2D eigenvalue weighted by Crippen LogP contribution is -2.53. The number of aromatic nitrogens is 4. The monoisotopic (exact) mass is 548 g/mol. The van der Waals surface area contributed by atoms with Crippen LogP contribution in [0.25, 0.3) is 22.0 Å². The van der Waals surface area contributed by atoms with E-state index in [1.807, 2.05) is 0 Å². The minimum absolute atomic E-state index is 0.164. The normalized spacial score (nSPS) is 15.8. The van der Waals surface area contributed by atoms with Gasteiger partial charge in [0.1, 0.15) is 28.7 Å². The Balaban J connectivity index is 1.56. The highest BCUT2D eigenvalue weighted by Crippen LogP contribution is 2.32. The zero-order chi connectivity index (χ0) is 28.6. The van der Waals surface area contributed by atoms with Crippen molar-refractivity contribution < 1.29 is 23.1 Å². The molecule has 208 valence electrons. The van der Waals surface area contributed by atoms with E-state index in [0.717, 1.165) is 0 Å². The first-order chi connectivity index (χ1) is 19.0. The number of hydrogen-bond acceptors (Lipinski definition) is 6. The lowest BCUT2D eigenvalue weighted by atomic mass is 10.0. The molecule has 1 atom stereocenters. The third-order valence-corrected chi connectivity index (χ3v) is 6.66. The van der Waals surface area contributed by atoms with Crippen LogP contribution in [0.5, 0.6) is 0 Å². The standard InChI is InChI=1S/C29H30F2N6O3/c1-29(2,3)40-28(39)36-13-5-6-21(16-36)37(26-22-10-8-20(30)14-18(22)11-12-32-26)27(38)23-9-7-19(15-24(23)31)25-17-35(4)34-33-25/h7-12,14-15,17,21H,5-6,13,16H2,1-4H3/t21-/m1/s1. The van der Waals surface area contributed by atoms with Crippen LogP contribution in [0.15, 0.2) is 54.9 Å². The molecule has 1 fully saturated rings. The zero-order valence-corrected chi connectivity index (χ0v) is 22.8. The molecular formula is C29H30F2N6O3. The number of halogens is 2. The number of ether oxygens (including phenoxy) is 1. The number of anilines is 1. The van der Waals surface area contributed by atoms with Crippen LogP contribution in [-0.2, 0) is 11.8 Å². The maximum atomic E-state index is 15.5. The number of amides is 2. The van der Waals surface area contributed by atoms with Gasteiger partial charge in [0, 0.05) is 37.3 Å². The fourth-order valence-corrected chi connectivity index (χ4v) is 4.87. The number of carbonyl (C=O) groups is 2. The van der Waals surface area contributed by atoms with Crippen LogP contribution in [0.3, 0.4) is 0 Å². The fraction of sp³-hybridized carbons (Fsp3) is 0.345. The molecule has 2 aromatic heterocycles. The quantitative estimate of drug-likeness (QED) is 0.341. The highest BCUT2D eigenvalue weighted by Gasteiger charge is 2.36. The van der Waals surface area contributed by atoms with Gasteiger partial charge in [-0.15, -0.1) is 5.10 Å². The second kappa shape index (κ2) is 10.6. The Hall–Kier alpha value is -4.41. The van der Waals surface area contributed by atoms with E-state index in [0.29, 0.717) is 41.4 Å². The molecule has 2 aromatic carbocycles. The number of carbonyl (C=O) groups excluding carboxylic acids is 2. The van der Waals surface area contributed by atoms with Gasteiger partial charge in [0.15, 0.2) is 0 Å². The minimum Gasteiger partial charge on any atom is -0.444 e. The molecule has 2 amide bonds. The molecule has 0 N–H and O–H groups in total. The third-order valence-electron chi connectivity index (χ3n) is 6.66. The smallest absolute Gasteiger partial charge is 0.410 e. The number of aryl methyl sites for hydroxylation is 1. The van der Waals surface area contributed by atoms with E-state index < -0.39 is 35.3 Å². The molecule has 0 radical (unpaired) electrons. The van der Waals surface area contributed by atoms with E-state index in [2.05, 4.69) is 15.3 Å². The molecule has 1 aliphatic heterocycles. The first kappa shape index (κ1) is 27.2. The molecule has 1 saturated heterocycles. The molecule has 5 rings (SSSR count). The van der Waals surface area contributed by atoms with Crippen LogP contribution in [-0.4, -0.2) is 61.6 Å².